The van der Waals surface area contributed by atoms with E-state index in [9.17, 15) is 13.0 Å². The first-order valence-corrected chi connectivity index (χ1v) is 6.54. The molecule has 98 valence electrons. The summed E-state index contributed by atoms with van der Waals surface area (Å²) in [5, 5.41) is 1.34. The second kappa shape index (κ2) is 5.90. The van der Waals surface area contributed by atoms with Crippen LogP contribution in [-0.2, 0) is 21.6 Å². The fourth-order valence-electron chi connectivity index (χ4n) is 1.51. The zero-order valence-electron chi connectivity index (χ0n) is 10.5. The van der Waals surface area contributed by atoms with Crippen molar-refractivity contribution in [1.82, 2.24) is 0 Å². The summed E-state index contributed by atoms with van der Waals surface area (Å²) in [6.45, 7) is 2.14. The van der Waals surface area contributed by atoms with Crippen LogP contribution in [-0.4, -0.2) is 20.1 Å². The van der Waals surface area contributed by atoms with Crippen LogP contribution in [0, 0.1) is 6.92 Å². The van der Waals surface area contributed by atoms with Crippen LogP contribution in [0.5, 0.6) is 0 Å². The van der Waals surface area contributed by atoms with Crippen molar-refractivity contribution in [3.05, 3.63) is 42.1 Å². The van der Waals surface area contributed by atoms with Gasteiger partial charge in [0.1, 0.15) is 7.05 Å². The van der Waals surface area contributed by atoms with Gasteiger partial charge in [-0.15, -0.1) is 0 Å². The number of rotatable bonds is 1. The van der Waals surface area contributed by atoms with Crippen molar-refractivity contribution in [2.75, 3.05) is 7.11 Å². The van der Waals surface area contributed by atoms with Crippen LogP contribution in [0.15, 0.2) is 36.5 Å². The van der Waals surface area contributed by atoms with Crippen molar-refractivity contribution in [3.8, 4) is 0 Å². The second-order valence-corrected chi connectivity index (χ2v) is 4.85. The van der Waals surface area contributed by atoms with E-state index in [0.29, 0.717) is 0 Å². The SMILES string of the molecule is COS(=O)(=O)[O-].Cc1cc[n+](C)c2ccccc12. The van der Waals surface area contributed by atoms with Crippen molar-refractivity contribution in [2.24, 2.45) is 7.05 Å². The van der Waals surface area contributed by atoms with Gasteiger partial charge in [-0.25, -0.2) is 13.0 Å². The highest BCUT2D eigenvalue weighted by Crippen LogP contribution is 2.12. The Labute approximate surface area is 107 Å². The van der Waals surface area contributed by atoms with E-state index < -0.39 is 10.4 Å². The first-order chi connectivity index (χ1) is 8.35. The molecule has 0 bridgehead atoms. The maximum atomic E-state index is 9.22. The third-order valence-corrected chi connectivity index (χ3v) is 2.87. The second-order valence-electron chi connectivity index (χ2n) is 3.70. The Balaban J connectivity index is 0.000000232. The minimum atomic E-state index is -4.41. The Morgan fingerprint density at radius 2 is 1.78 bits per heavy atom. The molecular formula is C12H15NO4S. The average molecular weight is 269 g/mol. The van der Waals surface area contributed by atoms with Gasteiger partial charge in [0.25, 0.3) is 0 Å². The molecule has 0 spiro atoms. The molecule has 1 aromatic heterocycles. The number of pyridine rings is 1. The first kappa shape index (κ1) is 14.6. The minimum Gasteiger partial charge on any atom is -0.726 e. The van der Waals surface area contributed by atoms with Gasteiger partial charge in [-0.3, -0.25) is 4.18 Å². The van der Waals surface area contributed by atoms with E-state index in [2.05, 4.69) is 59.3 Å². The quantitative estimate of drug-likeness (QED) is 0.441. The maximum Gasteiger partial charge on any atom is 0.217 e. The van der Waals surface area contributed by atoms with Crippen LogP contribution < -0.4 is 4.57 Å². The molecule has 0 saturated heterocycles. The summed E-state index contributed by atoms with van der Waals surface area (Å²) in [4.78, 5) is 0. The lowest BCUT2D eigenvalue weighted by Crippen LogP contribution is -2.28. The van der Waals surface area contributed by atoms with E-state index in [1.165, 1.54) is 16.5 Å². The van der Waals surface area contributed by atoms with Crippen molar-refractivity contribution in [2.45, 2.75) is 6.92 Å². The Bertz CT molecular complexity index is 597. The number of fused-ring (bicyclic) bond motifs is 1. The van der Waals surface area contributed by atoms with Crippen molar-refractivity contribution >= 4 is 21.3 Å². The van der Waals surface area contributed by atoms with Gasteiger partial charge < -0.3 is 4.55 Å². The number of hydrogen-bond acceptors (Lipinski definition) is 4. The van der Waals surface area contributed by atoms with Gasteiger partial charge in [0.05, 0.1) is 7.11 Å². The highest BCUT2D eigenvalue weighted by molar-refractivity contribution is 7.80. The molecule has 0 aliphatic rings. The third kappa shape index (κ3) is 4.06. The van der Waals surface area contributed by atoms with E-state index >= 15 is 0 Å². The lowest BCUT2D eigenvalue weighted by Gasteiger charge is -1.98. The van der Waals surface area contributed by atoms with Crippen molar-refractivity contribution < 1.29 is 21.7 Å². The van der Waals surface area contributed by atoms with Gasteiger partial charge in [0, 0.05) is 17.5 Å². The molecule has 0 aliphatic carbocycles. The van der Waals surface area contributed by atoms with Gasteiger partial charge in [-0.2, -0.15) is 0 Å². The van der Waals surface area contributed by atoms with Gasteiger partial charge in [-0.1, -0.05) is 12.1 Å². The lowest BCUT2D eigenvalue weighted by atomic mass is 10.1. The molecule has 6 heteroatoms. The van der Waals surface area contributed by atoms with E-state index in [0.717, 1.165) is 7.11 Å². The minimum absolute atomic E-state index is 0.808. The molecular weight excluding hydrogens is 254 g/mol. The zero-order valence-corrected chi connectivity index (χ0v) is 11.3. The molecule has 0 amide bonds. The fourth-order valence-corrected chi connectivity index (χ4v) is 1.51. The normalized spacial score (nSPS) is 10.9. The smallest absolute Gasteiger partial charge is 0.217 e. The number of nitrogens with zero attached hydrogens (tertiary/aromatic N) is 1. The van der Waals surface area contributed by atoms with Gasteiger partial charge in [-0.05, 0) is 18.6 Å². The number of para-hydroxylation sites is 1. The van der Waals surface area contributed by atoms with Gasteiger partial charge in [0.2, 0.25) is 15.9 Å². The first-order valence-electron chi connectivity index (χ1n) is 5.20. The number of aromatic nitrogens is 1. The molecule has 0 radical (unpaired) electrons. The standard InChI is InChI=1S/C11H12N.CH4O4S/c1-9-7-8-12(2)11-6-4-3-5-10(9)11;1-5-6(2,3)4/h3-8H,1-2H3;1H3,(H,2,3,4)/q+1;/p-1. The molecule has 18 heavy (non-hydrogen) atoms. The summed E-state index contributed by atoms with van der Waals surface area (Å²) in [6.07, 6.45) is 2.09. The molecule has 0 atom stereocenters. The fraction of sp³-hybridized carbons (Fsp3) is 0.250. The molecule has 2 rings (SSSR count). The van der Waals surface area contributed by atoms with Crippen LogP contribution in [0.4, 0.5) is 0 Å². The van der Waals surface area contributed by atoms with E-state index in [1.54, 1.807) is 0 Å². The predicted molar refractivity (Wildman–Crippen MR) is 66.6 cm³/mol. The van der Waals surface area contributed by atoms with Gasteiger partial charge >= 0.3 is 0 Å². The van der Waals surface area contributed by atoms with E-state index in [-0.39, 0.29) is 0 Å². The lowest BCUT2D eigenvalue weighted by molar-refractivity contribution is -0.644. The van der Waals surface area contributed by atoms with Crippen molar-refractivity contribution in [1.29, 1.82) is 0 Å². The Kier molecular flexibility index (Phi) is 4.77. The Hall–Kier alpha value is -1.50. The van der Waals surface area contributed by atoms with Crippen LogP contribution in [0.2, 0.25) is 0 Å². The maximum absolute atomic E-state index is 9.22. The number of hydrogen-bond donors (Lipinski definition) is 0. The summed E-state index contributed by atoms with van der Waals surface area (Å²) in [6, 6.07) is 10.6. The highest BCUT2D eigenvalue weighted by atomic mass is 32.3. The van der Waals surface area contributed by atoms with E-state index in [4.69, 9.17) is 0 Å². The average Bonchev–Trinajstić information content (AvgIpc) is 2.34. The molecule has 1 heterocycles. The van der Waals surface area contributed by atoms with Crippen LogP contribution in [0.25, 0.3) is 10.9 Å². The van der Waals surface area contributed by atoms with Crippen LogP contribution in [0.1, 0.15) is 5.56 Å². The predicted octanol–water partition coefficient (Wildman–Crippen LogP) is 1.07. The molecule has 0 aliphatic heterocycles. The summed E-state index contributed by atoms with van der Waals surface area (Å²) < 4.78 is 33.2. The summed E-state index contributed by atoms with van der Waals surface area (Å²) in [5.41, 5.74) is 2.63. The molecule has 0 N–H and O–H groups in total. The van der Waals surface area contributed by atoms with Crippen LogP contribution in [0.3, 0.4) is 0 Å². The number of aryl methyl sites for hydroxylation is 2. The summed E-state index contributed by atoms with van der Waals surface area (Å²) in [5.74, 6) is 0. The highest BCUT2D eigenvalue weighted by Gasteiger charge is 2.04. The topological polar surface area (TPSA) is 70.3 Å². The number of benzene rings is 1. The summed E-state index contributed by atoms with van der Waals surface area (Å²) >= 11 is 0. The monoisotopic (exact) mass is 269 g/mol. The molecule has 1 aromatic carbocycles. The Morgan fingerprint density at radius 1 is 1.22 bits per heavy atom. The molecule has 0 unspecified atom stereocenters. The molecule has 5 nitrogen and oxygen atoms in total. The van der Waals surface area contributed by atoms with Crippen molar-refractivity contribution in [3.63, 3.8) is 0 Å². The molecule has 2 aromatic rings. The summed E-state index contributed by atoms with van der Waals surface area (Å²) in [7, 11) is -1.53. The molecule has 0 saturated carbocycles. The van der Waals surface area contributed by atoms with E-state index in [1.807, 2.05) is 0 Å². The van der Waals surface area contributed by atoms with Crippen LogP contribution >= 0.6 is 0 Å². The molecule has 0 fully saturated rings. The largest absolute Gasteiger partial charge is 0.726 e. The third-order valence-electron chi connectivity index (χ3n) is 2.46. The Morgan fingerprint density at radius 3 is 2.28 bits per heavy atom. The zero-order chi connectivity index (χ0) is 13.8. The van der Waals surface area contributed by atoms with Gasteiger partial charge in [0.15, 0.2) is 6.20 Å².